The number of likely N-dealkylation sites (tertiary alicyclic amines) is 1. The summed E-state index contributed by atoms with van der Waals surface area (Å²) in [4.78, 5) is 3.94. The highest BCUT2D eigenvalue weighted by atomic mass is 35.5. The molecule has 0 bridgehead atoms. The molecule has 2 heterocycles. The standard InChI is InChI=1S/C15H25ClN2S/c1-4-15(2,18-9-6-5-7-10-18)14(17-3)13-12(16)8-11-19-13/h8,11,14,17H,4-7,9-10H2,1-3H3. The summed E-state index contributed by atoms with van der Waals surface area (Å²) < 4.78 is 0. The first-order chi connectivity index (χ1) is 9.13. The highest BCUT2D eigenvalue weighted by molar-refractivity contribution is 7.10. The number of nitrogens with zero attached hydrogens (tertiary/aromatic N) is 1. The van der Waals surface area contributed by atoms with E-state index < -0.39 is 0 Å². The Bertz CT molecular complexity index is 401. The monoisotopic (exact) mass is 300 g/mol. The molecular formula is C15H25ClN2S. The zero-order valence-corrected chi connectivity index (χ0v) is 13.8. The Morgan fingerprint density at radius 2 is 2.11 bits per heavy atom. The topological polar surface area (TPSA) is 15.3 Å². The molecule has 108 valence electrons. The van der Waals surface area contributed by atoms with Crippen molar-refractivity contribution in [2.45, 2.75) is 51.1 Å². The molecule has 1 N–H and O–H groups in total. The second kappa shape index (κ2) is 6.57. The molecule has 1 aliphatic heterocycles. The molecule has 2 rings (SSSR count). The summed E-state index contributed by atoms with van der Waals surface area (Å²) in [5.41, 5.74) is 0.143. The third-order valence-corrected chi connectivity index (χ3v) is 6.04. The SMILES string of the molecule is CCC(C)(C(NC)c1sccc1Cl)N1CCCCC1. The molecule has 1 saturated heterocycles. The zero-order valence-electron chi connectivity index (χ0n) is 12.2. The highest BCUT2D eigenvalue weighted by Crippen LogP contribution is 2.40. The molecule has 1 fully saturated rings. The van der Waals surface area contributed by atoms with Crippen molar-refractivity contribution in [2.24, 2.45) is 0 Å². The second-order valence-electron chi connectivity index (χ2n) is 5.61. The molecule has 19 heavy (non-hydrogen) atoms. The van der Waals surface area contributed by atoms with Crippen LogP contribution in [0.2, 0.25) is 5.02 Å². The van der Waals surface area contributed by atoms with Crippen molar-refractivity contribution in [3.63, 3.8) is 0 Å². The fourth-order valence-corrected chi connectivity index (χ4v) is 4.67. The molecule has 2 atom stereocenters. The third kappa shape index (κ3) is 2.99. The number of hydrogen-bond acceptors (Lipinski definition) is 3. The predicted molar refractivity (Wildman–Crippen MR) is 85.2 cm³/mol. The minimum Gasteiger partial charge on any atom is -0.311 e. The van der Waals surface area contributed by atoms with Gasteiger partial charge in [0.05, 0.1) is 11.1 Å². The van der Waals surface area contributed by atoms with E-state index >= 15 is 0 Å². The quantitative estimate of drug-likeness (QED) is 0.871. The van der Waals surface area contributed by atoms with Gasteiger partial charge in [0.25, 0.3) is 0 Å². The molecular weight excluding hydrogens is 276 g/mol. The van der Waals surface area contributed by atoms with Crippen LogP contribution in [0.25, 0.3) is 0 Å². The predicted octanol–water partition coefficient (Wildman–Crippen LogP) is 4.32. The number of nitrogens with one attached hydrogen (secondary N) is 1. The number of halogens is 1. The molecule has 2 unspecified atom stereocenters. The lowest BCUT2D eigenvalue weighted by Crippen LogP contribution is -2.55. The van der Waals surface area contributed by atoms with Gasteiger partial charge >= 0.3 is 0 Å². The Kier molecular flexibility index (Phi) is 5.29. The van der Waals surface area contributed by atoms with E-state index in [1.807, 2.05) is 6.07 Å². The van der Waals surface area contributed by atoms with Crippen molar-refractivity contribution >= 4 is 22.9 Å². The molecule has 0 radical (unpaired) electrons. The average Bonchev–Trinajstić information content (AvgIpc) is 2.86. The van der Waals surface area contributed by atoms with E-state index in [-0.39, 0.29) is 5.54 Å². The molecule has 0 saturated carbocycles. The van der Waals surface area contributed by atoms with E-state index in [9.17, 15) is 0 Å². The van der Waals surface area contributed by atoms with Crippen LogP contribution < -0.4 is 5.32 Å². The van der Waals surface area contributed by atoms with Crippen molar-refractivity contribution in [3.8, 4) is 0 Å². The van der Waals surface area contributed by atoms with Crippen LogP contribution in [0.15, 0.2) is 11.4 Å². The number of piperidine rings is 1. The van der Waals surface area contributed by atoms with E-state index in [2.05, 4.69) is 36.5 Å². The van der Waals surface area contributed by atoms with E-state index in [1.165, 1.54) is 37.2 Å². The molecule has 1 aromatic rings. The van der Waals surface area contributed by atoms with Crippen molar-refractivity contribution in [3.05, 3.63) is 21.3 Å². The molecule has 0 aromatic carbocycles. The van der Waals surface area contributed by atoms with E-state index in [0.717, 1.165) is 11.4 Å². The lowest BCUT2D eigenvalue weighted by Gasteiger charge is -2.47. The van der Waals surface area contributed by atoms with Gasteiger partial charge in [-0.3, -0.25) is 4.90 Å². The minimum absolute atomic E-state index is 0.143. The van der Waals surface area contributed by atoms with E-state index in [0.29, 0.717) is 6.04 Å². The maximum atomic E-state index is 6.37. The normalized spacial score (nSPS) is 22.1. The summed E-state index contributed by atoms with van der Waals surface area (Å²) in [6.45, 7) is 7.10. The van der Waals surface area contributed by atoms with Crippen LogP contribution in [0.5, 0.6) is 0 Å². The van der Waals surface area contributed by atoms with Crippen LogP contribution >= 0.6 is 22.9 Å². The molecule has 1 aromatic heterocycles. The molecule has 0 spiro atoms. The smallest absolute Gasteiger partial charge is 0.0611 e. The molecule has 4 heteroatoms. The van der Waals surface area contributed by atoms with Gasteiger partial charge in [-0.05, 0) is 57.8 Å². The Labute approximate surface area is 126 Å². The fourth-order valence-electron chi connectivity index (χ4n) is 3.25. The average molecular weight is 301 g/mol. The van der Waals surface area contributed by atoms with Crippen molar-refractivity contribution in [2.75, 3.05) is 20.1 Å². The third-order valence-electron chi connectivity index (χ3n) is 4.61. The maximum absolute atomic E-state index is 6.37. The molecule has 1 aliphatic rings. The van der Waals surface area contributed by atoms with Gasteiger partial charge in [-0.1, -0.05) is 24.9 Å². The highest BCUT2D eigenvalue weighted by Gasteiger charge is 2.40. The zero-order chi connectivity index (χ0) is 13.9. The maximum Gasteiger partial charge on any atom is 0.0611 e. The Hall–Kier alpha value is -0.0900. The van der Waals surface area contributed by atoms with E-state index in [1.54, 1.807) is 11.3 Å². The summed E-state index contributed by atoms with van der Waals surface area (Å²) in [6.07, 6.45) is 5.15. The van der Waals surface area contributed by atoms with E-state index in [4.69, 9.17) is 11.6 Å². The lowest BCUT2D eigenvalue weighted by molar-refractivity contribution is 0.0458. The first-order valence-electron chi connectivity index (χ1n) is 7.28. The summed E-state index contributed by atoms with van der Waals surface area (Å²) in [7, 11) is 2.05. The Balaban J connectivity index is 2.29. The summed E-state index contributed by atoms with van der Waals surface area (Å²) in [5, 5.41) is 6.51. The Morgan fingerprint density at radius 3 is 2.58 bits per heavy atom. The van der Waals surface area contributed by atoms with Gasteiger partial charge in [-0.15, -0.1) is 11.3 Å². The van der Waals surface area contributed by atoms with Gasteiger partial charge < -0.3 is 5.32 Å². The fraction of sp³-hybridized carbons (Fsp3) is 0.733. The first kappa shape index (κ1) is 15.3. The summed E-state index contributed by atoms with van der Waals surface area (Å²) in [6, 6.07) is 2.32. The van der Waals surface area contributed by atoms with Crippen LogP contribution in [0.3, 0.4) is 0 Å². The molecule has 0 amide bonds. The van der Waals surface area contributed by atoms with Gasteiger partial charge in [0.15, 0.2) is 0 Å². The van der Waals surface area contributed by atoms with Crippen molar-refractivity contribution in [1.82, 2.24) is 10.2 Å². The summed E-state index contributed by atoms with van der Waals surface area (Å²) in [5.74, 6) is 0. The minimum atomic E-state index is 0.143. The number of thiophene rings is 1. The van der Waals surface area contributed by atoms with Crippen LogP contribution in [-0.4, -0.2) is 30.6 Å². The van der Waals surface area contributed by atoms with Crippen LogP contribution in [0.1, 0.15) is 50.4 Å². The largest absolute Gasteiger partial charge is 0.311 e. The number of hydrogen-bond donors (Lipinski definition) is 1. The van der Waals surface area contributed by atoms with Crippen LogP contribution in [0, 0.1) is 0 Å². The van der Waals surface area contributed by atoms with Crippen molar-refractivity contribution in [1.29, 1.82) is 0 Å². The van der Waals surface area contributed by atoms with Gasteiger partial charge in [-0.25, -0.2) is 0 Å². The molecule has 0 aliphatic carbocycles. The van der Waals surface area contributed by atoms with Crippen molar-refractivity contribution < 1.29 is 0 Å². The van der Waals surface area contributed by atoms with Gasteiger partial charge in [0.1, 0.15) is 0 Å². The Morgan fingerprint density at radius 1 is 1.42 bits per heavy atom. The number of likely N-dealkylation sites (N-methyl/N-ethyl adjacent to an activating group) is 1. The van der Waals surface area contributed by atoms with Gasteiger partial charge in [-0.2, -0.15) is 0 Å². The van der Waals surface area contributed by atoms with Gasteiger partial charge in [0, 0.05) is 10.4 Å². The summed E-state index contributed by atoms with van der Waals surface area (Å²) >= 11 is 8.13. The molecule has 2 nitrogen and oxygen atoms in total. The van der Waals surface area contributed by atoms with Crippen LogP contribution in [-0.2, 0) is 0 Å². The number of rotatable bonds is 5. The second-order valence-corrected chi connectivity index (χ2v) is 6.97. The lowest BCUT2D eigenvalue weighted by atomic mass is 9.84. The van der Waals surface area contributed by atoms with Crippen LogP contribution in [0.4, 0.5) is 0 Å². The first-order valence-corrected chi connectivity index (χ1v) is 8.54. The van der Waals surface area contributed by atoms with Gasteiger partial charge in [0.2, 0.25) is 0 Å².